The summed E-state index contributed by atoms with van der Waals surface area (Å²) < 4.78 is 5.62. The number of carbonyl (C=O) groups is 2. The molecule has 0 fully saturated rings. The summed E-state index contributed by atoms with van der Waals surface area (Å²) in [6, 6.07) is 12.6. The molecule has 0 aliphatic carbocycles. The van der Waals surface area contributed by atoms with Crippen LogP contribution in [0.1, 0.15) is 15.9 Å². The highest BCUT2D eigenvalue weighted by atomic mass is 79.9. The van der Waals surface area contributed by atoms with Crippen molar-refractivity contribution in [2.24, 2.45) is 0 Å². The van der Waals surface area contributed by atoms with Crippen LogP contribution in [-0.2, 0) is 9.53 Å². The number of rotatable bonds is 5. The minimum Gasteiger partial charge on any atom is -0.465 e. The smallest absolute Gasteiger partial charge is 0.337 e. The van der Waals surface area contributed by atoms with Gasteiger partial charge in [-0.1, -0.05) is 22.0 Å². The van der Waals surface area contributed by atoms with Crippen LogP contribution in [0, 0.1) is 6.92 Å². The fraction of sp³-hybridized carbons (Fsp3) is 0.176. The number of thioether (sulfide) groups is 1. The van der Waals surface area contributed by atoms with Crippen molar-refractivity contribution in [1.82, 2.24) is 0 Å². The lowest BCUT2D eigenvalue weighted by Gasteiger charge is -2.08. The number of ether oxygens (including phenoxy) is 1. The number of hydrogen-bond acceptors (Lipinski definition) is 4. The summed E-state index contributed by atoms with van der Waals surface area (Å²) in [5.41, 5.74) is 2.23. The first kappa shape index (κ1) is 17.6. The van der Waals surface area contributed by atoms with E-state index in [9.17, 15) is 9.59 Å². The summed E-state index contributed by atoms with van der Waals surface area (Å²) in [7, 11) is 1.33. The van der Waals surface area contributed by atoms with Gasteiger partial charge in [-0.2, -0.15) is 0 Å². The van der Waals surface area contributed by atoms with E-state index >= 15 is 0 Å². The van der Waals surface area contributed by atoms with Gasteiger partial charge in [0, 0.05) is 15.1 Å². The Labute approximate surface area is 147 Å². The Morgan fingerprint density at radius 2 is 1.87 bits per heavy atom. The van der Waals surface area contributed by atoms with E-state index in [1.807, 2.05) is 25.1 Å². The molecule has 1 N–H and O–H groups in total. The molecular weight excluding hydrogens is 378 g/mol. The van der Waals surface area contributed by atoms with Gasteiger partial charge in [0.2, 0.25) is 5.91 Å². The van der Waals surface area contributed by atoms with Crippen molar-refractivity contribution in [2.75, 3.05) is 18.2 Å². The zero-order valence-corrected chi connectivity index (χ0v) is 15.2. The Morgan fingerprint density at radius 1 is 1.17 bits per heavy atom. The van der Waals surface area contributed by atoms with E-state index < -0.39 is 5.97 Å². The predicted octanol–water partition coefficient (Wildman–Crippen LogP) is 4.27. The summed E-state index contributed by atoms with van der Waals surface area (Å²) in [6.45, 7) is 2.01. The van der Waals surface area contributed by atoms with Gasteiger partial charge in [-0.05, 0) is 48.9 Å². The van der Waals surface area contributed by atoms with Crippen molar-refractivity contribution in [3.8, 4) is 0 Å². The number of amides is 1. The third kappa shape index (κ3) is 5.11. The molecule has 0 unspecified atom stereocenters. The molecule has 0 spiro atoms. The number of halogens is 1. The quantitative estimate of drug-likeness (QED) is 0.608. The van der Waals surface area contributed by atoms with Crippen molar-refractivity contribution < 1.29 is 14.3 Å². The predicted molar refractivity (Wildman–Crippen MR) is 96.0 cm³/mol. The number of anilines is 1. The van der Waals surface area contributed by atoms with Crippen LogP contribution >= 0.6 is 27.7 Å². The summed E-state index contributed by atoms with van der Waals surface area (Å²) in [4.78, 5) is 24.4. The van der Waals surface area contributed by atoms with Crippen molar-refractivity contribution in [3.05, 3.63) is 58.1 Å². The first-order chi connectivity index (χ1) is 11.0. The molecule has 2 rings (SSSR count). The van der Waals surface area contributed by atoms with Gasteiger partial charge in [0.25, 0.3) is 0 Å². The summed E-state index contributed by atoms with van der Waals surface area (Å²) in [5, 5.41) is 2.81. The monoisotopic (exact) mass is 393 g/mol. The number of aryl methyl sites for hydroxylation is 1. The molecule has 0 heterocycles. The van der Waals surface area contributed by atoms with Crippen molar-refractivity contribution >= 4 is 45.3 Å². The van der Waals surface area contributed by atoms with E-state index in [1.54, 1.807) is 24.3 Å². The van der Waals surface area contributed by atoms with Crippen LogP contribution in [0.4, 0.5) is 5.69 Å². The second-order valence-corrected chi connectivity index (χ2v) is 6.75. The summed E-state index contributed by atoms with van der Waals surface area (Å²) in [6.07, 6.45) is 0. The van der Waals surface area contributed by atoms with Gasteiger partial charge in [-0.25, -0.2) is 4.79 Å². The normalized spacial score (nSPS) is 10.2. The SMILES string of the molecule is COC(=O)c1ccc(NC(=O)CSc2cc(Br)ccc2C)cc1. The lowest BCUT2D eigenvalue weighted by Crippen LogP contribution is -2.14. The first-order valence-electron chi connectivity index (χ1n) is 6.87. The number of carbonyl (C=O) groups excluding carboxylic acids is 2. The van der Waals surface area contributed by atoms with Gasteiger partial charge in [-0.3, -0.25) is 4.79 Å². The largest absolute Gasteiger partial charge is 0.465 e. The van der Waals surface area contributed by atoms with E-state index in [1.165, 1.54) is 18.9 Å². The molecule has 0 aliphatic rings. The van der Waals surface area contributed by atoms with Crippen molar-refractivity contribution in [2.45, 2.75) is 11.8 Å². The molecular formula is C17H16BrNO3S. The summed E-state index contributed by atoms with van der Waals surface area (Å²) in [5.74, 6) is -0.181. The van der Waals surface area contributed by atoms with Crippen LogP contribution in [0.15, 0.2) is 51.8 Å². The standard InChI is InChI=1S/C17H16BrNO3S/c1-11-3-6-13(18)9-15(11)23-10-16(20)19-14-7-4-12(5-8-14)17(21)22-2/h3-9H,10H2,1-2H3,(H,19,20). The molecule has 0 radical (unpaired) electrons. The molecule has 0 aliphatic heterocycles. The van der Waals surface area contributed by atoms with E-state index in [-0.39, 0.29) is 5.91 Å². The second-order valence-electron chi connectivity index (χ2n) is 4.82. The molecule has 120 valence electrons. The van der Waals surface area contributed by atoms with Crippen LogP contribution in [-0.4, -0.2) is 24.7 Å². The average Bonchev–Trinajstić information content (AvgIpc) is 2.55. The maximum atomic E-state index is 12.0. The Balaban J connectivity index is 1.92. The zero-order chi connectivity index (χ0) is 16.8. The molecule has 0 bridgehead atoms. The van der Waals surface area contributed by atoms with Gasteiger partial charge in [-0.15, -0.1) is 11.8 Å². The Morgan fingerprint density at radius 3 is 2.52 bits per heavy atom. The number of methoxy groups -OCH3 is 1. The van der Waals surface area contributed by atoms with E-state index in [4.69, 9.17) is 0 Å². The highest BCUT2D eigenvalue weighted by molar-refractivity contribution is 9.10. The number of esters is 1. The first-order valence-corrected chi connectivity index (χ1v) is 8.64. The number of hydrogen-bond donors (Lipinski definition) is 1. The highest BCUT2D eigenvalue weighted by Crippen LogP contribution is 2.26. The fourth-order valence-electron chi connectivity index (χ4n) is 1.88. The maximum Gasteiger partial charge on any atom is 0.337 e. The van der Waals surface area contributed by atoms with Crippen molar-refractivity contribution in [1.29, 1.82) is 0 Å². The molecule has 0 saturated heterocycles. The highest BCUT2D eigenvalue weighted by Gasteiger charge is 2.08. The molecule has 0 atom stereocenters. The fourth-order valence-corrected chi connectivity index (χ4v) is 3.25. The van der Waals surface area contributed by atoms with Gasteiger partial charge >= 0.3 is 5.97 Å². The van der Waals surface area contributed by atoms with Crippen molar-refractivity contribution in [3.63, 3.8) is 0 Å². The Bertz CT molecular complexity index is 716. The van der Waals surface area contributed by atoms with Gasteiger partial charge < -0.3 is 10.1 Å². The molecule has 2 aromatic carbocycles. The van der Waals surface area contributed by atoms with Gasteiger partial charge in [0.1, 0.15) is 0 Å². The second kappa shape index (κ2) is 8.17. The lowest BCUT2D eigenvalue weighted by atomic mass is 10.2. The van der Waals surface area contributed by atoms with E-state index in [0.717, 1.165) is 14.9 Å². The van der Waals surface area contributed by atoms with Gasteiger partial charge in [0.15, 0.2) is 0 Å². The van der Waals surface area contributed by atoms with Crippen LogP contribution in [0.2, 0.25) is 0 Å². The van der Waals surface area contributed by atoms with Crippen LogP contribution in [0.5, 0.6) is 0 Å². The zero-order valence-electron chi connectivity index (χ0n) is 12.8. The molecule has 1 amide bonds. The third-order valence-corrected chi connectivity index (χ3v) is 4.75. The molecule has 23 heavy (non-hydrogen) atoms. The number of nitrogens with one attached hydrogen (secondary N) is 1. The van der Waals surface area contributed by atoms with Crippen LogP contribution < -0.4 is 5.32 Å². The molecule has 2 aromatic rings. The minimum atomic E-state index is -0.399. The third-order valence-electron chi connectivity index (χ3n) is 3.10. The topological polar surface area (TPSA) is 55.4 Å². The minimum absolute atomic E-state index is 0.0970. The molecule has 0 aromatic heterocycles. The van der Waals surface area contributed by atoms with E-state index in [2.05, 4.69) is 26.0 Å². The van der Waals surface area contributed by atoms with E-state index in [0.29, 0.717) is 17.0 Å². The number of benzene rings is 2. The Hall–Kier alpha value is -1.79. The molecule has 0 saturated carbocycles. The molecule has 4 nitrogen and oxygen atoms in total. The molecule has 6 heteroatoms. The average molecular weight is 394 g/mol. The van der Waals surface area contributed by atoms with Crippen LogP contribution in [0.25, 0.3) is 0 Å². The maximum absolute atomic E-state index is 12.0. The summed E-state index contributed by atoms with van der Waals surface area (Å²) >= 11 is 4.91. The van der Waals surface area contributed by atoms with Crippen LogP contribution in [0.3, 0.4) is 0 Å². The lowest BCUT2D eigenvalue weighted by molar-refractivity contribution is -0.113. The Kier molecular flexibility index (Phi) is 6.24. The van der Waals surface area contributed by atoms with Gasteiger partial charge in [0.05, 0.1) is 18.4 Å².